The van der Waals surface area contributed by atoms with Crippen LogP contribution >= 0.6 is 31.7 Å². The van der Waals surface area contributed by atoms with Crippen LogP contribution in [0.1, 0.15) is 166 Å². The van der Waals surface area contributed by atoms with Crippen LogP contribution in [0.4, 0.5) is 0 Å². The van der Waals surface area contributed by atoms with Crippen LogP contribution in [0.5, 0.6) is 0 Å². The van der Waals surface area contributed by atoms with Crippen LogP contribution in [0, 0.1) is 0 Å². The predicted octanol–water partition coefficient (Wildman–Crippen LogP) is 13.1. The van der Waals surface area contributed by atoms with Gasteiger partial charge < -0.3 is 11.0 Å². The van der Waals surface area contributed by atoms with Crippen molar-refractivity contribution >= 4 is 31.7 Å². The summed E-state index contributed by atoms with van der Waals surface area (Å²) in [6.45, 7) is 56.5. The van der Waals surface area contributed by atoms with Crippen LogP contribution in [0.2, 0.25) is 0 Å². The van der Waals surface area contributed by atoms with Gasteiger partial charge in [-0.2, -0.15) is 0 Å². The Kier molecular flexibility index (Phi) is 53.0. The fourth-order valence-electron chi connectivity index (χ4n) is 7.16. The van der Waals surface area contributed by atoms with Crippen molar-refractivity contribution in [2.45, 2.75) is 234 Å². The fourth-order valence-corrected chi connectivity index (χ4v) is 21.5. The molecule has 8 heteroatoms. The van der Waals surface area contributed by atoms with Crippen LogP contribution in [-0.4, -0.2) is 78.9 Å². The summed E-state index contributed by atoms with van der Waals surface area (Å²) in [6.07, 6.45) is 0. The second-order valence-electron chi connectivity index (χ2n) is 14.9. The van der Waals surface area contributed by atoms with Crippen molar-refractivity contribution in [2.75, 3.05) is 0 Å². The Bertz CT molecular complexity index is 382. The quantitative estimate of drug-likeness (QED) is 0.138. The molecule has 2 nitrogen and oxygen atoms in total. The average Bonchev–Trinajstić information content (AvgIpc) is 2.64. The first-order chi connectivity index (χ1) is 17.9. The molecule has 0 saturated carbocycles. The van der Waals surface area contributed by atoms with Gasteiger partial charge >= 0.3 is 0 Å². The van der Waals surface area contributed by atoms with Gasteiger partial charge in [-0.15, -0.1) is 0 Å². The van der Waals surface area contributed by atoms with Crippen molar-refractivity contribution in [1.82, 2.24) is 0 Å². The van der Waals surface area contributed by atoms with E-state index < -0.39 is 0 Å². The van der Waals surface area contributed by atoms with Gasteiger partial charge in [0.05, 0.1) is 0 Å². The standard InChI is InChI=1S/4C9H21P.2H2O.2Rh/c4*1-7(2)10(8(3)4)9(5)6;;;;/h4*7-9H,1-6H3;2*1H2;;. The van der Waals surface area contributed by atoms with E-state index in [-0.39, 0.29) is 81.6 Å². The smallest absolute Gasteiger partial charge is 0 e. The molecule has 4 N–H and O–H groups in total. The number of hydrogen-bond acceptors (Lipinski definition) is 0. The topological polar surface area (TPSA) is 63.0 Å². The molecule has 0 rings (SSSR count). The summed E-state index contributed by atoms with van der Waals surface area (Å²) in [5, 5.41) is 0. The van der Waals surface area contributed by atoms with Crippen molar-refractivity contribution < 1.29 is 49.9 Å². The SMILES string of the molecule is CC(C)P(C(C)C)C(C)C.CC(C)P(C(C)C)C(C)C.CC(C)P(C(C)C)C(C)C.CC(C)P(C(C)C)C(C)C.O.O.[Rh].[Rh]. The van der Waals surface area contributed by atoms with Crippen molar-refractivity contribution in [2.24, 2.45) is 0 Å². The van der Waals surface area contributed by atoms with E-state index in [4.69, 9.17) is 0 Å². The van der Waals surface area contributed by atoms with Gasteiger partial charge in [0.25, 0.3) is 0 Å². The van der Waals surface area contributed by atoms with Gasteiger partial charge in [-0.1, -0.05) is 198 Å². The van der Waals surface area contributed by atoms with Gasteiger partial charge in [-0.3, -0.25) is 0 Å². The third-order valence-electron chi connectivity index (χ3n) is 7.16. The molecular weight excluding hydrogens is 794 g/mol. The number of rotatable bonds is 12. The summed E-state index contributed by atoms with van der Waals surface area (Å²) in [5.74, 6) is 0. The van der Waals surface area contributed by atoms with E-state index in [1.165, 1.54) is 0 Å². The van der Waals surface area contributed by atoms with E-state index in [2.05, 4.69) is 166 Å². The maximum Gasteiger partial charge on any atom is 0 e. The molecule has 0 atom stereocenters. The van der Waals surface area contributed by atoms with E-state index in [9.17, 15) is 0 Å². The van der Waals surface area contributed by atoms with E-state index in [0.29, 0.717) is 0 Å². The molecule has 282 valence electrons. The van der Waals surface area contributed by atoms with E-state index in [1.807, 2.05) is 0 Å². The summed E-state index contributed by atoms with van der Waals surface area (Å²) < 4.78 is 0. The van der Waals surface area contributed by atoms with Crippen molar-refractivity contribution in [3.05, 3.63) is 0 Å². The van der Waals surface area contributed by atoms with Crippen LogP contribution in [0.25, 0.3) is 0 Å². The van der Waals surface area contributed by atoms with Gasteiger partial charge in [0.2, 0.25) is 0 Å². The third-order valence-corrected chi connectivity index (χ3v) is 21.5. The minimum absolute atomic E-state index is 0. The molecule has 0 saturated heterocycles. The summed E-state index contributed by atoms with van der Waals surface area (Å²) in [6, 6.07) is 0. The summed E-state index contributed by atoms with van der Waals surface area (Å²) in [4.78, 5) is 0. The third kappa shape index (κ3) is 33.4. The summed E-state index contributed by atoms with van der Waals surface area (Å²) in [7, 11) is 1.05. The average molecular weight is 883 g/mol. The molecule has 0 heterocycles. The molecule has 0 bridgehead atoms. The van der Waals surface area contributed by atoms with Gasteiger partial charge in [0.15, 0.2) is 0 Å². The predicted molar refractivity (Wildman–Crippen MR) is 217 cm³/mol. The van der Waals surface area contributed by atoms with Gasteiger partial charge in [0.1, 0.15) is 0 Å². The summed E-state index contributed by atoms with van der Waals surface area (Å²) in [5.41, 5.74) is 10.8. The maximum absolute atomic E-state index is 2.35. The molecule has 0 unspecified atom stereocenters. The van der Waals surface area contributed by atoms with E-state index >= 15 is 0 Å². The number of hydrogen-bond donors (Lipinski definition) is 0. The molecule has 0 aromatic heterocycles. The summed E-state index contributed by atoms with van der Waals surface area (Å²) >= 11 is 0. The second kappa shape index (κ2) is 35.7. The normalized spacial score (nSPS) is 11.5. The molecule has 0 amide bonds. The maximum atomic E-state index is 2.35. The van der Waals surface area contributed by atoms with E-state index in [1.54, 1.807) is 0 Å². The molecule has 0 aliphatic rings. The zero-order valence-corrected chi connectivity index (χ0v) is 41.2. The Morgan fingerprint density at radius 3 is 0.227 bits per heavy atom. The molecule has 0 aromatic rings. The molecule has 44 heavy (non-hydrogen) atoms. The molecule has 2 radical (unpaired) electrons. The molecule has 0 aliphatic heterocycles. The fraction of sp³-hybridized carbons (Fsp3) is 1.00. The van der Waals surface area contributed by atoms with Crippen LogP contribution in [0.3, 0.4) is 0 Å². The van der Waals surface area contributed by atoms with Gasteiger partial charge in [-0.05, 0) is 67.9 Å². The Morgan fingerprint density at radius 2 is 0.227 bits per heavy atom. The van der Waals surface area contributed by atoms with Gasteiger partial charge in [0, 0.05) is 39.0 Å². The zero-order valence-electron chi connectivity index (χ0n) is 34.4. The minimum Gasteiger partial charge on any atom is -0.412 e. The monoisotopic (exact) mass is 882 g/mol. The molecule has 0 fully saturated rings. The van der Waals surface area contributed by atoms with Crippen molar-refractivity contribution in [1.29, 1.82) is 0 Å². The Balaban J connectivity index is -0.0000000635. The molecule has 0 spiro atoms. The Morgan fingerprint density at radius 1 is 0.182 bits per heavy atom. The first kappa shape index (κ1) is 65.3. The van der Waals surface area contributed by atoms with Crippen LogP contribution in [0.15, 0.2) is 0 Å². The van der Waals surface area contributed by atoms with Crippen molar-refractivity contribution in [3.63, 3.8) is 0 Å². The first-order valence-electron chi connectivity index (χ1n) is 17.0. The molecule has 0 aliphatic carbocycles. The molecular formula is C36H88O2P4Rh2. The second-order valence-corrected chi connectivity index (χ2v) is 30.9. The molecule has 0 aromatic carbocycles. The zero-order chi connectivity index (χ0) is 33.2. The van der Waals surface area contributed by atoms with Crippen LogP contribution in [-0.2, 0) is 39.0 Å². The van der Waals surface area contributed by atoms with Gasteiger partial charge in [-0.25, -0.2) is 0 Å². The van der Waals surface area contributed by atoms with E-state index in [0.717, 1.165) is 67.9 Å². The largest absolute Gasteiger partial charge is 0.412 e. The Hall–Kier alpha value is 2.89. The Labute approximate surface area is 313 Å². The van der Waals surface area contributed by atoms with Crippen LogP contribution < -0.4 is 0 Å². The van der Waals surface area contributed by atoms with Crippen molar-refractivity contribution in [3.8, 4) is 0 Å². The minimum atomic E-state index is 0. The first-order valence-corrected chi connectivity index (χ1v) is 23.2.